The molecule has 3 rings (SSSR count). The zero-order valence-corrected chi connectivity index (χ0v) is 15.0. The van der Waals surface area contributed by atoms with Gasteiger partial charge in [-0.05, 0) is 36.4 Å². The van der Waals surface area contributed by atoms with Crippen molar-refractivity contribution in [3.8, 4) is 11.3 Å². The largest absolute Gasteiger partial charge is 0.454 e. The average molecular weight is 388 g/mol. The molecule has 0 saturated carbocycles. The first-order chi connectivity index (χ1) is 12.9. The molecule has 0 atom stereocenters. The Kier molecular flexibility index (Phi) is 5.23. The Morgan fingerprint density at radius 2 is 1.85 bits per heavy atom. The van der Waals surface area contributed by atoms with E-state index in [2.05, 4.69) is 5.10 Å². The number of nitrogens with zero attached hydrogens (tertiary/aromatic N) is 2. The molecule has 0 amide bonds. The summed E-state index contributed by atoms with van der Waals surface area (Å²) in [6.45, 7) is -0.500. The van der Waals surface area contributed by atoms with E-state index in [1.807, 2.05) is 0 Å². The van der Waals surface area contributed by atoms with Crippen molar-refractivity contribution in [2.45, 2.75) is 0 Å². The summed E-state index contributed by atoms with van der Waals surface area (Å²) in [6, 6.07) is 12.0. The number of carbonyl (C=O) groups excluding carboxylic acids is 2. The van der Waals surface area contributed by atoms with E-state index in [-0.39, 0.29) is 22.0 Å². The predicted octanol–water partition coefficient (Wildman–Crippen LogP) is 3.50. The number of rotatable bonds is 5. The maximum Gasteiger partial charge on any atom is 0.344 e. The van der Waals surface area contributed by atoms with Crippen LogP contribution < -0.4 is 5.73 Å². The molecule has 6 nitrogen and oxygen atoms in total. The number of anilines is 1. The third-order valence-corrected chi connectivity index (χ3v) is 4.23. The molecule has 0 aliphatic rings. The molecule has 0 spiro atoms. The van der Waals surface area contributed by atoms with Crippen molar-refractivity contribution < 1.29 is 18.7 Å². The SMILES string of the molecule is Cn1nc(N)c(C(=O)OCC(=O)c2ccccc2Cl)c1-c1ccc(F)cc1. The number of hydrogen-bond donors (Lipinski definition) is 1. The van der Waals surface area contributed by atoms with Gasteiger partial charge in [-0.25, -0.2) is 9.18 Å². The van der Waals surface area contributed by atoms with E-state index in [1.54, 1.807) is 31.3 Å². The lowest BCUT2D eigenvalue weighted by molar-refractivity contribution is 0.0476. The van der Waals surface area contributed by atoms with Crippen molar-refractivity contribution >= 4 is 29.2 Å². The lowest BCUT2D eigenvalue weighted by Crippen LogP contribution is -2.16. The van der Waals surface area contributed by atoms with E-state index < -0.39 is 24.2 Å². The highest BCUT2D eigenvalue weighted by Gasteiger charge is 2.24. The van der Waals surface area contributed by atoms with Gasteiger partial charge in [-0.2, -0.15) is 5.10 Å². The smallest absolute Gasteiger partial charge is 0.344 e. The van der Waals surface area contributed by atoms with Gasteiger partial charge in [-0.3, -0.25) is 9.48 Å². The maximum atomic E-state index is 13.2. The fourth-order valence-electron chi connectivity index (χ4n) is 2.65. The number of halogens is 2. The second-order valence-corrected chi connectivity index (χ2v) is 6.13. The molecule has 0 bridgehead atoms. The molecule has 0 aliphatic carbocycles. The monoisotopic (exact) mass is 387 g/mol. The van der Waals surface area contributed by atoms with E-state index in [0.29, 0.717) is 11.3 Å². The van der Waals surface area contributed by atoms with E-state index in [1.165, 1.54) is 28.9 Å². The van der Waals surface area contributed by atoms with Crippen LogP contribution in [0.1, 0.15) is 20.7 Å². The Labute approximate surface area is 159 Å². The minimum atomic E-state index is -0.805. The Morgan fingerprint density at radius 1 is 1.19 bits per heavy atom. The molecule has 3 aromatic rings. The van der Waals surface area contributed by atoms with Crippen LogP contribution in [0.25, 0.3) is 11.3 Å². The molecule has 27 heavy (non-hydrogen) atoms. The van der Waals surface area contributed by atoms with E-state index >= 15 is 0 Å². The first-order valence-corrected chi connectivity index (χ1v) is 8.29. The van der Waals surface area contributed by atoms with Gasteiger partial charge in [0.25, 0.3) is 0 Å². The number of Topliss-reactive ketones (excluding diaryl/α,β-unsaturated/α-hetero) is 1. The van der Waals surface area contributed by atoms with E-state index in [0.717, 1.165) is 0 Å². The van der Waals surface area contributed by atoms with Crippen LogP contribution in [0, 0.1) is 5.82 Å². The highest BCUT2D eigenvalue weighted by atomic mass is 35.5. The normalized spacial score (nSPS) is 10.6. The van der Waals surface area contributed by atoms with Crippen LogP contribution in [0.3, 0.4) is 0 Å². The van der Waals surface area contributed by atoms with Gasteiger partial charge in [-0.1, -0.05) is 23.7 Å². The lowest BCUT2D eigenvalue weighted by Gasteiger charge is -2.08. The summed E-state index contributed by atoms with van der Waals surface area (Å²) in [5.41, 5.74) is 7.00. The lowest BCUT2D eigenvalue weighted by atomic mass is 10.1. The fraction of sp³-hybridized carbons (Fsp3) is 0.105. The molecular weight excluding hydrogens is 373 g/mol. The van der Waals surface area contributed by atoms with Crippen LogP contribution in [0.5, 0.6) is 0 Å². The standard InChI is InChI=1S/C19H15ClFN3O3/c1-24-17(11-6-8-12(21)9-7-11)16(18(22)23-24)19(26)27-10-15(25)13-4-2-3-5-14(13)20/h2-9H,10H2,1H3,(H2,22,23). The zero-order chi connectivity index (χ0) is 19.6. The molecular formula is C19H15ClFN3O3. The number of nitrogen functional groups attached to an aromatic ring is 1. The van der Waals surface area contributed by atoms with Crippen LogP contribution >= 0.6 is 11.6 Å². The molecule has 8 heteroatoms. The average Bonchev–Trinajstić information content (AvgIpc) is 2.94. The Morgan fingerprint density at radius 3 is 2.52 bits per heavy atom. The van der Waals surface area contributed by atoms with Gasteiger partial charge in [0.05, 0.1) is 10.7 Å². The van der Waals surface area contributed by atoms with Crippen LogP contribution in [-0.4, -0.2) is 28.1 Å². The van der Waals surface area contributed by atoms with Gasteiger partial charge in [0.1, 0.15) is 11.4 Å². The Balaban J connectivity index is 1.84. The summed E-state index contributed by atoms with van der Waals surface area (Å²) in [4.78, 5) is 24.8. The molecule has 0 saturated heterocycles. The topological polar surface area (TPSA) is 87.2 Å². The molecule has 1 aromatic heterocycles. The molecule has 0 fully saturated rings. The van der Waals surface area contributed by atoms with E-state index in [9.17, 15) is 14.0 Å². The summed E-state index contributed by atoms with van der Waals surface area (Å²) in [6.07, 6.45) is 0. The third kappa shape index (κ3) is 3.83. The van der Waals surface area contributed by atoms with E-state index in [4.69, 9.17) is 22.1 Å². The quantitative estimate of drug-likeness (QED) is 0.534. The maximum absolute atomic E-state index is 13.2. The second kappa shape index (κ2) is 7.59. The van der Waals surface area contributed by atoms with Crippen molar-refractivity contribution in [2.24, 2.45) is 7.05 Å². The van der Waals surface area contributed by atoms with Gasteiger partial charge >= 0.3 is 5.97 Å². The number of aromatic nitrogens is 2. The molecule has 0 radical (unpaired) electrons. The van der Waals surface area contributed by atoms with Gasteiger partial charge in [0.2, 0.25) is 5.78 Å². The molecule has 0 unspecified atom stereocenters. The van der Waals surface area contributed by atoms with Crippen LogP contribution in [-0.2, 0) is 11.8 Å². The van der Waals surface area contributed by atoms with Crippen LogP contribution in [0.15, 0.2) is 48.5 Å². The molecule has 0 aliphatic heterocycles. The third-order valence-electron chi connectivity index (χ3n) is 3.90. The highest BCUT2D eigenvalue weighted by molar-refractivity contribution is 6.34. The van der Waals surface area contributed by atoms with Crippen molar-refractivity contribution in [1.82, 2.24) is 9.78 Å². The highest BCUT2D eigenvalue weighted by Crippen LogP contribution is 2.28. The fourth-order valence-corrected chi connectivity index (χ4v) is 2.89. The summed E-state index contributed by atoms with van der Waals surface area (Å²) in [5, 5.41) is 4.29. The van der Waals surface area contributed by atoms with Crippen LogP contribution in [0.2, 0.25) is 5.02 Å². The van der Waals surface area contributed by atoms with Gasteiger partial charge in [-0.15, -0.1) is 0 Å². The van der Waals surface area contributed by atoms with Crippen LogP contribution in [0.4, 0.5) is 10.2 Å². The van der Waals surface area contributed by atoms with Crippen molar-refractivity contribution in [3.05, 3.63) is 70.5 Å². The van der Waals surface area contributed by atoms with Crippen molar-refractivity contribution in [1.29, 1.82) is 0 Å². The zero-order valence-electron chi connectivity index (χ0n) is 14.3. The number of aryl methyl sites for hydroxylation is 1. The number of ether oxygens (including phenoxy) is 1. The number of benzene rings is 2. The summed E-state index contributed by atoms with van der Waals surface area (Å²) in [7, 11) is 1.60. The summed E-state index contributed by atoms with van der Waals surface area (Å²) >= 11 is 5.97. The number of ketones is 1. The molecule has 2 aromatic carbocycles. The number of carbonyl (C=O) groups is 2. The minimum Gasteiger partial charge on any atom is -0.454 e. The predicted molar refractivity (Wildman–Crippen MR) is 99.1 cm³/mol. The molecule has 1 heterocycles. The van der Waals surface area contributed by atoms with Gasteiger partial charge in [0, 0.05) is 18.2 Å². The Bertz CT molecular complexity index is 1020. The summed E-state index contributed by atoms with van der Waals surface area (Å²) in [5.74, 6) is -1.71. The van der Waals surface area contributed by atoms with Crippen molar-refractivity contribution in [2.75, 3.05) is 12.3 Å². The minimum absolute atomic E-state index is 0.0102. The van der Waals surface area contributed by atoms with Crippen molar-refractivity contribution in [3.63, 3.8) is 0 Å². The first-order valence-electron chi connectivity index (χ1n) is 7.91. The van der Waals surface area contributed by atoms with Gasteiger partial charge in [0.15, 0.2) is 12.4 Å². The second-order valence-electron chi connectivity index (χ2n) is 5.72. The first kappa shape index (κ1) is 18.6. The Hall–Kier alpha value is -3.19. The van der Waals surface area contributed by atoms with Gasteiger partial charge < -0.3 is 10.5 Å². The number of esters is 1. The molecule has 2 N–H and O–H groups in total. The number of nitrogens with two attached hydrogens (primary N) is 1. The number of hydrogen-bond acceptors (Lipinski definition) is 5. The molecule has 138 valence electrons. The summed E-state index contributed by atoms with van der Waals surface area (Å²) < 4.78 is 19.7.